The van der Waals surface area contributed by atoms with Gasteiger partial charge in [-0.25, -0.2) is 0 Å². The Morgan fingerprint density at radius 2 is 2.05 bits per heavy atom. The molecule has 21 heavy (non-hydrogen) atoms. The molecule has 0 saturated heterocycles. The zero-order valence-corrected chi connectivity index (χ0v) is 13.5. The number of para-hydroxylation sites is 1. The van der Waals surface area contributed by atoms with Gasteiger partial charge in [0, 0.05) is 16.0 Å². The topological polar surface area (TPSA) is 26.3 Å². The van der Waals surface area contributed by atoms with Crippen molar-refractivity contribution in [3.05, 3.63) is 63.6 Å². The van der Waals surface area contributed by atoms with E-state index in [1.54, 1.807) is 7.11 Å². The molecule has 3 heteroatoms. The average molecular weight is 345 g/mol. The molecule has 1 aliphatic rings. The van der Waals surface area contributed by atoms with Crippen LogP contribution in [0.3, 0.4) is 0 Å². The van der Waals surface area contributed by atoms with Crippen LogP contribution >= 0.6 is 15.9 Å². The predicted octanol–water partition coefficient (Wildman–Crippen LogP) is 4.45. The van der Waals surface area contributed by atoms with Crippen molar-refractivity contribution in [2.75, 3.05) is 7.11 Å². The number of ketones is 1. The zero-order chi connectivity index (χ0) is 14.8. The van der Waals surface area contributed by atoms with Crippen LogP contribution < -0.4 is 4.74 Å². The van der Waals surface area contributed by atoms with Crippen molar-refractivity contribution in [1.82, 2.24) is 0 Å². The highest BCUT2D eigenvalue weighted by Crippen LogP contribution is 2.31. The SMILES string of the molecule is COc1ccccc1C[C@H]1CCc2ccc(Br)cc2C1=O. The molecule has 108 valence electrons. The number of methoxy groups -OCH3 is 1. The van der Waals surface area contributed by atoms with Crippen molar-refractivity contribution in [1.29, 1.82) is 0 Å². The number of hydrogen-bond acceptors (Lipinski definition) is 2. The fraction of sp³-hybridized carbons (Fsp3) is 0.278. The Hall–Kier alpha value is -1.61. The molecule has 0 aromatic heterocycles. The first-order valence-corrected chi connectivity index (χ1v) is 7.93. The molecule has 3 rings (SSSR count). The largest absolute Gasteiger partial charge is 0.496 e. The molecule has 2 nitrogen and oxygen atoms in total. The molecule has 0 spiro atoms. The number of fused-ring (bicyclic) bond motifs is 1. The maximum absolute atomic E-state index is 12.7. The molecular formula is C18H17BrO2. The third-order valence-electron chi connectivity index (χ3n) is 4.13. The number of rotatable bonds is 3. The summed E-state index contributed by atoms with van der Waals surface area (Å²) in [6, 6.07) is 14.0. The minimum absolute atomic E-state index is 0.0445. The Labute approximate surface area is 133 Å². The lowest BCUT2D eigenvalue weighted by Crippen LogP contribution is -2.24. The van der Waals surface area contributed by atoms with Crippen molar-refractivity contribution in [2.24, 2.45) is 5.92 Å². The van der Waals surface area contributed by atoms with E-state index in [2.05, 4.69) is 22.0 Å². The van der Waals surface area contributed by atoms with Gasteiger partial charge < -0.3 is 4.74 Å². The summed E-state index contributed by atoms with van der Waals surface area (Å²) in [6.07, 6.45) is 2.62. The van der Waals surface area contributed by atoms with Gasteiger partial charge in [-0.3, -0.25) is 4.79 Å². The molecule has 0 amide bonds. The fourth-order valence-corrected chi connectivity index (χ4v) is 3.37. The first kappa shape index (κ1) is 14.3. The van der Waals surface area contributed by atoms with Gasteiger partial charge in [-0.1, -0.05) is 40.2 Å². The van der Waals surface area contributed by atoms with Gasteiger partial charge in [-0.15, -0.1) is 0 Å². The van der Waals surface area contributed by atoms with Crippen LogP contribution in [0.25, 0.3) is 0 Å². The van der Waals surface area contributed by atoms with Gasteiger partial charge >= 0.3 is 0 Å². The molecule has 1 atom stereocenters. The molecule has 0 N–H and O–H groups in total. The van der Waals surface area contributed by atoms with E-state index in [1.807, 2.05) is 36.4 Å². The molecule has 0 radical (unpaired) electrons. The van der Waals surface area contributed by atoms with E-state index in [9.17, 15) is 4.79 Å². The molecule has 1 aliphatic carbocycles. The van der Waals surface area contributed by atoms with E-state index in [4.69, 9.17) is 4.74 Å². The molecule has 0 aliphatic heterocycles. The van der Waals surface area contributed by atoms with Crippen LogP contribution in [0, 0.1) is 5.92 Å². The highest BCUT2D eigenvalue weighted by molar-refractivity contribution is 9.10. The normalized spacial score (nSPS) is 17.4. The average Bonchev–Trinajstić information content (AvgIpc) is 2.51. The van der Waals surface area contributed by atoms with E-state index < -0.39 is 0 Å². The Kier molecular flexibility index (Phi) is 4.11. The highest BCUT2D eigenvalue weighted by atomic mass is 79.9. The van der Waals surface area contributed by atoms with E-state index in [0.29, 0.717) is 0 Å². The number of ether oxygens (including phenoxy) is 1. The first-order chi connectivity index (χ1) is 10.2. The first-order valence-electron chi connectivity index (χ1n) is 7.13. The van der Waals surface area contributed by atoms with Crippen LogP contribution in [-0.2, 0) is 12.8 Å². The van der Waals surface area contributed by atoms with Gasteiger partial charge in [0.05, 0.1) is 7.11 Å². The molecule has 0 unspecified atom stereocenters. The lowest BCUT2D eigenvalue weighted by Gasteiger charge is -2.24. The molecule has 2 aromatic carbocycles. The Morgan fingerprint density at radius 1 is 1.24 bits per heavy atom. The summed E-state index contributed by atoms with van der Waals surface area (Å²) in [5, 5.41) is 0. The van der Waals surface area contributed by atoms with Crippen LogP contribution in [0.1, 0.15) is 27.9 Å². The van der Waals surface area contributed by atoms with Gasteiger partial charge in [-0.05, 0) is 48.6 Å². The number of halogens is 1. The van der Waals surface area contributed by atoms with Gasteiger partial charge in [-0.2, -0.15) is 0 Å². The van der Waals surface area contributed by atoms with Crippen LogP contribution in [0.5, 0.6) is 5.75 Å². The number of carbonyl (C=O) groups is 1. The second kappa shape index (κ2) is 6.02. The minimum atomic E-state index is 0.0445. The summed E-state index contributed by atoms with van der Waals surface area (Å²) in [6.45, 7) is 0. The Balaban J connectivity index is 1.87. The summed E-state index contributed by atoms with van der Waals surface area (Å²) in [5.41, 5.74) is 3.15. The molecule has 0 heterocycles. The van der Waals surface area contributed by atoms with Crippen LogP contribution in [0.15, 0.2) is 46.9 Å². The fourth-order valence-electron chi connectivity index (χ4n) is 3.01. The van der Waals surface area contributed by atoms with Crippen molar-refractivity contribution < 1.29 is 9.53 Å². The van der Waals surface area contributed by atoms with Gasteiger partial charge in [0.25, 0.3) is 0 Å². The summed E-state index contributed by atoms with van der Waals surface area (Å²) in [5.74, 6) is 1.16. The molecule has 2 aromatic rings. The minimum Gasteiger partial charge on any atom is -0.496 e. The van der Waals surface area contributed by atoms with Crippen molar-refractivity contribution in [3.8, 4) is 5.75 Å². The number of benzene rings is 2. The number of carbonyl (C=O) groups excluding carboxylic acids is 1. The molecule has 0 saturated carbocycles. The summed E-state index contributed by atoms with van der Waals surface area (Å²) >= 11 is 3.46. The van der Waals surface area contributed by atoms with Gasteiger partial charge in [0.1, 0.15) is 5.75 Å². The smallest absolute Gasteiger partial charge is 0.166 e. The van der Waals surface area contributed by atoms with Crippen molar-refractivity contribution >= 4 is 21.7 Å². The summed E-state index contributed by atoms with van der Waals surface area (Å²) in [7, 11) is 1.67. The predicted molar refractivity (Wildman–Crippen MR) is 87.0 cm³/mol. The quantitative estimate of drug-likeness (QED) is 0.822. The number of hydrogen-bond donors (Lipinski definition) is 0. The van der Waals surface area contributed by atoms with E-state index in [1.165, 1.54) is 5.56 Å². The lowest BCUT2D eigenvalue weighted by atomic mass is 9.79. The Morgan fingerprint density at radius 3 is 2.86 bits per heavy atom. The molecule has 0 bridgehead atoms. The summed E-state index contributed by atoms with van der Waals surface area (Å²) < 4.78 is 6.36. The van der Waals surface area contributed by atoms with E-state index in [-0.39, 0.29) is 11.7 Å². The van der Waals surface area contributed by atoms with Crippen LogP contribution in [-0.4, -0.2) is 12.9 Å². The maximum Gasteiger partial charge on any atom is 0.166 e. The Bertz CT molecular complexity index is 679. The molecular weight excluding hydrogens is 328 g/mol. The third-order valence-corrected chi connectivity index (χ3v) is 4.62. The van der Waals surface area contributed by atoms with E-state index in [0.717, 1.165) is 40.6 Å². The zero-order valence-electron chi connectivity index (χ0n) is 11.9. The third kappa shape index (κ3) is 2.88. The second-order valence-electron chi connectivity index (χ2n) is 5.42. The number of aryl methyl sites for hydroxylation is 1. The highest BCUT2D eigenvalue weighted by Gasteiger charge is 2.28. The standard InChI is InChI=1S/C18H17BrO2/c1-21-17-5-3-2-4-13(17)10-14-7-6-12-8-9-15(19)11-16(12)18(14)20/h2-5,8-9,11,14H,6-7,10H2,1H3/t14-/m1/s1. The van der Waals surface area contributed by atoms with E-state index >= 15 is 0 Å². The van der Waals surface area contributed by atoms with Gasteiger partial charge in [0.15, 0.2) is 5.78 Å². The van der Waals surface area contributed by atoms with Crippen molar-refractivity contribution in [2.45, 2.75) is 19.3 Å². The molecule has 0 fully saturated rings. The monoisotopic (exact) mass is 344 g/mol. The van der Waals surface area contributed by atoms with Crippen LogP contribution in [0.4, 0.5) is 0 Å². The van der Waals surface area contributed by atoms with Gasteiger partial charge in [0.2, 0.25) is 0 Å². The summed E-state index contributed by atoms with van der Waals surface area (Å²) in [4.78, 5) is 12.7. The lowest BCUT2D eigenvalue weighted by molar-refractivity contribution is 0.0901. The van der Waals surface area contributed by atoms with Crippen molar-refractivity contribution in [3.63, 3.8) is 0 Å². The maximum atomic E-state index is 12.7. The number of Topliss-reactive ketones (excluding diaryl/α,β-unsaturated/α-hetero) is 1. The second-order valence-corrected chi connectivity index (χ2v) is 6.33. The van der Waals surface area contributed by atoms with Crippen LogP contribution in [0.2, 0.25) is 0 Å².